The van der Waals surface area contributed by atoms with E-state index in [4.69, 9.17) is 0 Å². The van der Waals surface area contributed by atoms with Gasteiger partial charge in [-0.1, -0.05) is 15.9 Å². The Morgan fingerprint density at radius 1 is 1.82 bits per heavy atom. The monoisotopic (exact) mass is 219 g/mol. The number of aryl methyl sites for hydroxylation is 1. The molecule has 0 spiro atoms. The van der Waals surface area contributed by atoms with Crippen LogP contribution in [0.3, 0.4) is 0 Å². The number of imidazole rings is 1. The first-order valence-corrected chi connectivity index (χ1v) is 4.08. The Morgan fingerprint density at radius 3 is 3.00 bits per heavy atom. The number of nitro groups is 1. The number of halogens is 1. The van der Waals surface area contributed by atoms with Crippen molar-refractivity contribution in [2.24, 2.45) is 0 Å². The first kappa shape index (κ1) is 8.19. The van der Waals surface area contributed by atoms with Crippen LogP contribution < -0.4 is 0 Å². The molecular formula is C5H6BrN3O2. The third kappa shape index (κ3) is 2.01. The third-order valence-electron chi connectivity index (χ3n) is 1.15. The number of aromatic nitrogens is 2. The molecule has 1 aromatic heterocycles. The van der Waals surface area contributed by atoms with Crippen LogP contribution in [0.25, 0.3) is 0 Å². The summed E-state index contributed by atoms with van der Waals surface area (Å²) in [5.74, 6) is -0.106. The summed E-state index contributed by atoms with van der Waals surface area (Å²) < 4.78 is 1.66. The molecule has 1 rings (SSSR count). The van der Waals surface area contributed by atoms with E-state index in [9.17, 15) is 10.1 Å². The molecule has 0 atom stereocenters. The number of nitrogens with zero attached hydrogens (tertiary/aromatic N) is 3. The van der Waals surface area contributed by atoms with E-state index in [1.54, 1.807) is 4.57 Å². The lowest BCUT2D eigenvalue weighted by Crippen LogP contribution is -1.94. The van der Waals surface area contributed by atoms with Gasteiger partial charge in [0.2, 0.25) is 6.33 Å². The van der Waals surface area contributed by atoms with Gasteiger partial charge in [-0.2, -0.15) is 0 Å². The average Bonchev–Trinajstić information content (AvgIpc) is 2.37. The number of hydrogen-bond donors (Lipinski definition) is 0. The zero-order chi connectivity index (χ0) is 8.27. The van der Waals surface area contributed by atoms with E-state index in [1.807, 2.05) is 0 Å². The minimum Gasteiger partial charge on any atom is -0.358 e. The van der Waals surface area contributed by atoms with Crippen molar-refractivity contribution in [1.29, 1.82) is 0 Å². The van der Waals surface area contributed by atoms with Crippen LogP contribution in [-0.4, -0.2) is 19.8 Å². The van der Waals surface area contributed by atoms with Crippen molar-refractivity contribution in [1.82, 2.24) is 9.55 Å². The SMILES string of the molecule is O=[N+]([O-])c1cn(CCBr)cn1. The number of hydrogen-bond acceptors (Lipinski definition) is 3. The van der Waals surface area contributed by atoms with Gasteiger partial charge in [-0.25, -0.2) is 0 Å². The summed E-state index contributed by atoms with van der Waals surface area (Å²) in [6, 6.07) is 0. The second-order valence-corrected chi connectivity index (χ2v) is 2.71. The van der Waals surface area contributed by atoms with E-state index < -0.39 is 4.92 Å². The normalized spacial score (nSPS) is 9.91. The van der Waals surface area contributed by atoms with E-state index in [2.05, 4.69) is 20.9 Å². The zero-order valence-electron chi connectivity index (χ0n) is 5.61. The molecule has 0 aliphatic rings. The molecule has 0 amide bonds. The lowest BCUT2D eigenvalue weighted by atomic mass is 10.7. The zero-order valence-corrected chi connectivity index (χ0v) is 7.19. The molecule has 0 fully saturated rings. The van der Waals surface area contributed by atoms with Crippen molar-refractivity contribution in [2.45, 2.75) is 6.54 Å². The third-order valence-corrected chi connectivity index (χ3v) is 1.50. The van der Waals surface area contributed by atoms with E-state index >= 15 is 0 Å². The maximum absolute atomic E-state index is 10.1. The standard InChI is InChI=1S/C5H6BrN3O2/c6-1-2-8-3-5(7-4-8)9(10)11/h3-4H,1-2H2. The molecule has 0 saturated heterocycles. The van der Waals surface area contributed by atoms with Crippen LogP contribution in [0, 0.1) is 10.1 Å². The highest BCUT2D eigenvalue weighted by molar-refractivity contribution is 9.09. The highest BCUT2D eigenvalue weighted by atomic mass is 79.9. The molecule has 0 aromatic carbocycles. The Hall–Kier alpha value is -0.910. The summed E-state index contributed by atoms with van der Waals surface area (Å²) in [6.45, 7) is 0.695. The molecule has 0 radical (unpaired) electrons. The second kappa shape index (κ2) is 3.47. The average molecular weight is 220 g/mol. The van der Waals surface area contributed by atoms with Gasteiger partial charge in [-0.3, -0.25) is 0 Å². The first-order valence-electron chi connectivity index (χ1n) is 2.96. The fourth-order valence-electron chi connectivity index (χ4n) is 0.662. The summed E-state index contributed by atoms with van der Waals surface area (Å²) >= 11 is 3.21. The molecule has 0 N–H and O–H groups in total. The molecule has 1 aromatic rings. The van der Waals surface area contributed by atoms with E-state index in [1.165, 1.54) is 12.5 Å². The summed E-state index contributed by atoms with van der Waals surface area (Å²) in [4.78, 5) is 13.2. The van der Waals surface area contributed by atoms with Gasteiger partial charge in [-0.05, 0) is 9.91 Å². The van der Waals surface area contributed by atoms with Crippen LogP contribution in [-0.2, 0) is 6.54 Å². The first-order chi connectivity index (χ1) is 5.24. The van der Waals surface area contributed by atoms with Gasteiger partial charge in [0, 0.05) is 11.9 Å². The number of rotatable bonds is 3. The van der Waals surface area contributed by atoms with Crippen molar-refractivity contribution in [2.75, 3.05) is 5.33 Å². The summed E-state index contributed by atoms with van der Waals surface area (Å²) in [5, 5.41) is 10.9. The Bertz CT molecular complexity index is 260. The smallest absolute Gasteiger partial charge is 0.358 e. The predicted molar refractivity (Wildman–Crippen MR) is 42.7 cm³/mol. The second-order valence-electron chi connectivity index (χ2n) is 1.92. The summed E-state index contributed by atoms with van der Waals surface area (Å²) in [7, 11) is 0. The molecule has 5 nitrogen and oxygen atoms in total. The van der Waals surface area contributed by atoms with E-state index in [-0.39, 0.29) is 5.82 Å². The van der Waals surface area contributed by atoms with E-state index in [0.29, 0.717) is 6.54 Å². The van der Waals surface area contributed by atoms with Gasteiger partial charge in [0.1, 0.15) is 6.20 Å². The van der Waals surface area contributed by atoms with Crippen molar-refractivity contribution < 1.29 is 4.92 Å². The molecule has 11 heavy (non-hydrogen) atoms. The van der Waals surface area contributed by atoms with Gasteiger partial charge in [-0.15, -0.1) is 0 Å². The molecule has 60 valence electrons. The van der Waals surface area contributed by atoms with Crippen molar-refractivity contribution in [3.63, 3.8) is 0 Å². The molecule has 0 bridgehead atoms. The van der Waals surface area contributed by atoms with Crippen molar-refractivity contribution in [3.05, 3.63) is 22.6 Å². The van der Waals surface area contributed by atoms with Gasteiger partial charge in [0.05, 0.1) is 0 Å². The van der Waals surface area contributed by atoms with Gasteiger partial charge in [0.25, 0.3) is 0 Å². The molecule has 0 aliphatic heterocycles. The maximum Gasteiger partial charge on any atom is 0.381 e. The van der Waals surface area contributed by atoms with Crippen LogP contribution in [0.1, 0.15) is 0 Å². The van der Waals surface area contributed by atoms with Crippen LogP contribution in [0.2, 0.25) is 0 Å². The Kier molecular flexibility index (Phi) is 2.58. The van der Waals surface area contributed by atoms with Crippen LogP contribution in [0.5, 0.6) is 0 Å². The molecule has 6 heteroatoms. The quantitative estimate of drug-likeness (QED) is 0.436. The van der Waals surface area contributed by atoms with E-state index in [0.717, 1.165) is 5.33 Å². The van der Waals surface area contributed by atoms with Gasteiger partial charge in [0.15, 0.2) is 0 Å². The molecule has 0 unspecified atom stereocenters. The summed E-state index contributed by atoms with van der Waals surface area (Å²) in [5.41, 5.74) is 0. The fraction of sp³-hybridized carbons (Fsp3) is 0.400. The van der Waals surface area contributed by atoms with Gasteiger partial charge < -0.3 is 14.7 Å². The van der Waals surface area contributed by atoms with Crippen LogP contribution in [0.4, 0.5) is 5.82 Å². The highest BCUT2D eigenvalue weighted by Crippen LogP contribution is 2.05. The Morgan fingerprint density at radius 2 is 2.55 bits per heavy atom. The molecule has 0 saturated carbocycles. The lowest BCUT2D eigenvalue weighted by Gasteiger charge is -1.91. The fourth-order valence-corrected chi connectivity index (χ4v) is 1.07. The molecular weight excluding hydrogens is 214 g/mol. The topological polar surface area (TPSA) is 61.0 Å². The highest BCUT2D eigenvalue weighted by Gasteiger charge is 2.08. The van der Waals surface area contributed by atoms with Crippen LogP contribution >= 0.6 is 15.9 Å². The minimum atomic E-state index is -0.509. The minimum absolute atomic E-state index is 0.106. The van der Waals surface area contributed by atoms with Crippen molar-refractivity contribution in [3.8, 4) is 0 Å². The molecule has 1 heterocycles. The largest absolute Gasteiger partial charge is 0.381 e. The number of alkyl halides is 1. The van der Waals surface area contributed by atoms with Gasteiger partial charge >= 0.3 is 5.82 Å². The van der Waals surface area contributed by atoms with Crippen molar-refractivity contribution >= 4 is 21.7 Å². The summed E-state index contributed by atoms with van der Waals surface area (Å²) in [6.07, 6.45) is 2.85. The maximum atomic E-state index is 10.1. The predicted octanol–water partition coefficient (Wildman–Crippen LogP) is 1.19. The van der Waals surface area contributed by atoms with Crippen LogP contribution in [0.15, 0.2) is 12.5 Å². The molecule has 0 aliphatic carbocycles. The Labute approximate surface area is 71.3 Å². The lowest BCUT2D eigenvalue weighted by molar-refractivity contribution is -0.389. The Balaban J connectivity index is 2.73.